The summed E-state index contributed by atoms with van der Waals surface area (Å²) in [5.74, 6) is -0.431. The highest BCUT2D eigenvalue weighted by Crippen LogP contribution is 2.14. The average Bonchev–Trinajstić information content (AvgIpc) is 2.72. The van der Waals surface area contributed by atoms with Crippen molar-refractivity contribution in [3.8, 4) is 0 Å². The molecular formula is C11H15N3O4S. The molecule has 2 heterocycles. The largest absolute Gasteiger partial charge is 0.390 e. The van der Waals surface area contributed by atoms with Crippen LogP contribution < -0.4 is 5.32 Å². The zero-order valence-corrected chi connectivity index (χ0v) is 11.2. The van der Waals surface area contributed by atoms with Gasteiger partial charge in [0.2, 0.25) is 10.0 Å². The van der Waals surface area contributed by atoms with Crippen molar-refractivity contribution in [2.24, 2.45) is 0 Å². The summed E-state index contributed by atoms with van der Waals surface area (Å²) in [6, 6.07) is 4.29. The molecule has 0 unspecified atom stereocenters. The first-order valence-corrected chi connectivity index (χ1v) is 7.58. The SMILES string of the molecule is CS(=O)(=O)N1C[C@@H](O)[C@H](NC(=O)c2ccccn2)C1. The number of carbonyl (C=O) groups is 1. The topological polar surface area (TPSA) is 99.6 Å². The number of aliphatic hydroxyl groups is 1. The monoisotopic (exact) mass is 285 g/mol. The first kappa shape index (κ1) is 13.9. The molecule has 1 aliphatic rings. The van der Waals surface area contributed by atoms with Crippen LogP contribution in [0.4, 0.5) is 0 Å². The Morgan fingerprint density at radius 2 is 2.21 bits per heavy atom. The lowest BCUT2D eigenvalue weighted by molar-refractivity contribution is 0.0883. The summed E-state index contributed by atoms with van der Waals surface area (Å²) >= 11 is 0. The normalized spacial score (nSPS) is 24.3. The van der Waals surface area contributed by atoms with E-state index >= 15 is 0 Å². The summed E-state index contributed by atoms with van der Waals surface area (Å²) in [6.45, 7) is 0.0601. The molecule has 1 aliphatic heterocycles. The third-order valence-corrected chi connectivity index (χ3v) is 4.17. The van der Waals surface area contributed by atoms with Gasteiger partial charge in [-0.05, 0) is 12.1 Å². The predicted molar refractivity (Wildman–Crippen MR) is 67.9 cm³/mol. The van der Waals surface area contributed by atoms with Crippen molar-refractivity contribution in [3.63, 3.8) is 0 Å². The van der Waals surface area contributed by atoms with Crippen molar-refractivity contribution in [1.29, 1.82) is 0 Å². The molecule has 1 aromatic rings. The number of pyridine rings is 1. The standard InChI is InChI=1S/C11H15N3O4S/c1-19(17,18)14-6-9(10(15)7-14)13-11(16)8-4-2-3-5-12-8/h2-5,9-10,15H,6-7H2,1H3,(H,13,16)/t9-,10-/m1/s1. The van der Waals surface area contributed by atoms with Gasteiger partial charge in [-0.25, -0.2) is 8.42 Å². The molecule has 1 aromatic heterocycles. The molecule has 8 heteroatoms. The van der Waals surface area contributed by atoms with E-state index < -0.39 is 28.1 Å². The predicted octanol–water partition coefficient (Wildman–Crippen LogP) is -1.18. The van der Waals surface area contributed by atoms with E-state index in [1.807, 2.05) is 0 Å². The van der Waals surface area contributed by atoms with Gasteiger partial charge >= 0.3 is 0 Å². The van der Waals surface area contributed by atoms with Crippen LogP contribution in [0, 0.1) is 0 Å². The van der Waals surface area contributed by atoms with Crippen LogP contribution in [0.2, 0.25) is 0 Å². The van der Waals surface area contributed by atoms with Crippen LogP contribution in [0.25, 0.3) is 0 Å². The van der Waals surface area contributed by atoms with Gasteiger partial charge in [0.05, 0.1) is 18.4 Å². The molecule has 2 rings (SSSR count). The van der Waals surface area contributed by atoms with E-state index in [9.17, 15) is 18.3 Å². The zero-order valence-electron chi connectivity index (χ0n) is 10.4. The number of hydrogen-bond donors (Lipinski definition) is 2. The van der Waals surface area contributed by atoms with E-state index in [1.54, 1.807) is 18.2 Å². The number of rotatable bonds is 3. The maximum atomic E-state index is 11.8. The molecule has 0 aromatic carbocycles. The molecule has 0 aliphatic carbocycles. The van der Waals surface area contributed by atoms with Crippen molar-refractivity contribution in [2.75, 3.05) is 19.3 Å². The van der Waals surface area contributed by atoms with Crippen LogP contribution in [0.3, 0.4) is 0 Å². The molecule has 1 saturated heterocycles. The van der Waals surface area contributed by atoms with Gasteiger partial charge in [-0.3, -0.25) is 9.78 Å². The Kier molecular flexibility index (Phi) is 3.83. The first-order chi connectivity index (χ1) is 8.88. The number of carbonyl (C=O) groups excluding carboxylic acids is 1. The molecule has 7 nitrogen and oxygen atoms in total. The van der Waals surface area contributed by atoms with Gasteiger partial charge in [0.25, 0.3) is 5.91 Å². The molecule has 1 fully saturated rings. The summed E-state index contributed by atoms with van der Waals surface area (Å²) in [7, 11) is -3.36. The van der Waals surface area contributed by atoms with Crippen molar-refractivity contribution < 1.29 is 18.3 Å². The Morgan fingerprint density at radius 1 is 1.47 bits per heavy atom. The van der Waals surface area contributed by atoms with Gasteiger partial charge in [0.15, 0.2) is 0 Å². The minimum atomic E-state index is -3.36. The van der Waals surface area contributed by atoms with Gasteiger partial charge < -0.3 is 10.4 Å². The van der Waals surface area contributed by atoms with Crippen LogP contribution in [0.1, 0.15) is 10.5 Å². The minimum absolute atomic E-state index is 0.00794. The third-order valence-electron chi connectivity index (χ3n) is 2.94. The number of sulfonamides is 1. The van der Waals surface area contributed by atoms with E-state index in [1.165, 1.54) is 6.20 Å². The number of hydrogen-bond acceptors (Lipinski definition) is 5. The van der Waals surface area contributed by atoms with Crippen LogP contribution in [-0.2, 0) is 10.0 Å². The minimum Gasteiger partial charge on any atom is -0.390 e. The third kappa shape index (κ3) is 3.28. The molecule has 19 heavy (non-hydrogen) atoms. The lowest BCUT2D eigenvalue weighted by Crippen LogP contribution is -2.43. The highest BCUT2D eigenvalue weighted by Gasteiger charge is 2.36. The summed E-state index contributed by atoms with van der Waals surface area (Å²) in [4.78, 5) is 15.7. The number of nitrogens with zero attached hydrogens (tertiary/aromatic N) is 2. The second-order valence-electron chi connectivity index (χ2n) is 4.44. The molecule has 0 saturated carbocycles. The number of aromatic nitrogens is 1. The number of aliphatic hydroxyl groups excluding tert-OH is 1. The van der Waals surface area contributed by atoms with Crippen molar-refractivity contribution in [3.05, 3.63) is 30.1 Å². The van der Waals surface area contributed by atoms with Crippen LogP contribution >= 0.6 is 0 Å². The summed E-state index contributed by atoms with van der Waals surface area (Å²) in [5.41, 5.74) is 0.229. The Labute approximate surface area is 111 Å². The fourth-order valence-corrected chi connectivity index (χ4v) is 2.76. The van der Waals surface area contributed by atoms with Gasteiger partial charge in [-0.1, -0.05) is 6.07 Å². The molecule has 1 amide bonds. The molecular weight excluding hydrogens is 270 g/mol. The molecule has 0 spiro atoms. The van der Waals surface area contributed by atoms with Crippen LogP contribution in [0.15, 0.2) is 24.4 Å². The van der Waals surface area contributed by atoms with E-state index in [0.717, 1.165) is 10.6 Å². The van der Waals surface area contributed by atoms with Gasteiger partial charge in [-0.15, -0.1) is 0 Å². The molecule has 104 valence electrons. The van der Waals surface area contributed by atoms with E-state index in [4.69, 9.17) is 0 Å². The van der Waals surface area contributed by atoms with Crippen molar-refractivity contribution >= 4 is 15.9 Å². The second-order valence-corrected chi connectivity index (χ2v) is 6.42. The summed E-state index contributed by atoms with van der Waals surface area (Å²) in [5, 5.41) is 12.4. The Balaban J connectivity index is 2.03. The summed E-state index contributed by atoms with van der Waals surface area (Å²) < 4.78 is 23.9. The maximum absolute atomic E-state index is 11.8. The number of β-amino-alcohol motifs (C(OH)–C–C–N with tert-alkyl or cyclic N) is 1. The van der Waals surface area contributed by atoms with E-state index in [-0.39, 0.29) is 18.8 Å². The number of nitrogens with one attached hydrogen (secondary N) is 1. The second kappa shape index (κ2) is 5.24. The fourth-order valence-electron chi connectivity index (χ4n) is 1.90. The highest BCUT2D eigenvalue weighted by atomic mass is 32.2. The number of amides is 1. The summed E-state index contributed by atoms with van der Waals surface area (Å²) in [6.07, 6.45) is 1.65. The Bertz CT molecular complexity index is 561. The highest BCUT2D eigenvalue weighted by molar-refractivity contribution is 7.88. The molecule has 2 N–H and O–H groups in total. The fraction of sp³-hybridized carbons (Fsp3) is 0.455. The van der Waals surface area contributed by atoms with Gasteiger partial charge in [0.1, 0.15) is 5.69 Å². The van der Waals surface area contributed by atoms with E-state index in [0.29, 0.717) is 0 Å². The smallest absolute Gasteiger partial charge is 0.270 e. The molecule has 0 radical (unpaired) electrons. The van der Waals surface area contributed by atoms with Crippen LogP contribution in [0.5, 0.6) is 0 Å². The Hall–Kier alpha value is -1.51. The first-order valence-electron chi connectivity index (χ1n) is 5.73. The quantitative estimate of drug-likeness (QED) is 0.728. The molecule has 0 bridgehead atoms. The van der Waals surface area contributed by atoms with Crippen molar-refractivity contribution in [2.45, 2.75) is 12.1 Å². The van der Waals surface area contributed by atoms with Crippen molar-refractivity contribution in [1.82, 2.24) is 14.6 Å². The maximum Gasteiger partial charge on any atom is 0.270 e. The lowest BCUT2D eigenvalue weighted by atomic mass is 10.2. The van der Waals surface area contributed by atoms with Gasteiger partial charge in [0, 0.05) is 19.3 Å². The average molecular weight is 285 g/mol. The van der Waals surface area contributed by atoms with E-state index in [2.05, 4.69) is 10.3 Å². The zero-order chi connectivity index (χ0) is 14.0. The van der Waals surface area contributed by atoms with Crippen LogP contribution in [-0.4, -0.2) is 60.2 Å². The lowest BCUT2D eigenvalue weighted by Gasteiger charge is -2.15. The van der Waals surface area contributed by atoms with Gasteiger partial charge in [-0.2, -0.15) is 4.31 Å². The molecule has 2 atom stereocenters. The Morgan fingerprint density at radius 3 is 2.74 bits per heavy atom.